The number of ether oxygens (including phenoxy) is 2. The first-order chi connectivity index (χ1) is 13.6. The lowest BCUT2D eigenvalue weighted by molar-refractivity contribution is 0.138. The lowest BCUT2D eigenvalue weighted by Crippen LogP contribution is -2.43. The Morgan fingerprint density at radius 2 is 1.83 bits per heavy atom. The van der Waals surface area contributed by atoms with Crippen LogP contribution in [0.4, 0.5) is 10.5 Å². The van der Waals surface area contributed by atoms with Gasteiger partial charge in [-0.25, -0.2) is 9.79 Å². The van der Waals surface area contributed by atoms with Crippen molar-refractivity contribution in [2.75, 3.05) is 39.2 Å². The summed E-state index contributed by atoms with van der Waals surface area (Å²) in [5.74, 6) is 0.836. The summed E-state index contributed by atoms with van der Waals surface area (Å²) in [4.78, 5) is 16.0. The van der Waals surface area contributed by atoms with Crippen molar-refractivity contribution in [3.8, 4) is 0 Å². The first kappa shape index (κ1) is 25.5. The molecule has 0 saturated heterocycles. The molecule has 29 heavy (non-hydrogen) atoms. The number of guanidine groups is 1. The lowest BCUT2D eigenvalue weighted by atomic mass is 9.83. The number of aliphatic imine (C=N–C) groups is 1. The van der Waals surface area contributed by atoms with Crippen molar-refractivity contribution in [3.63, 3.8) is 0 Å². The van der Waals surface area contributed by atoms with E-state index in [0.29, 0.717) is 17.6 Å². The summed E-state index contributed by atoms with van der Waals surface area (Å²) < 4.78 is 9.92. The highest BCUT2D eigenvalue weighted by Gasteiger charge is 2.33. The topological polar surface area (TPSA) is 84.0 Å². The molecule has 1 aromatic rings. The van der Waals surface area contributed by atoms with Gasteiger partial charge in [-0.05, 0) is 49.3 Å². The third-order valence-corrected chi connectivity index (χ3v) is 5.28. The fourth-order valence-electron chi connectivity index (χ4n) is 3.60. The Kier molecular flexibility index (Phi) is 12.0. The third-order valence-electron chi connectivity index (χ3n) is 5.28. The minimum atomic E-state index is -0.473. The van der Waals surface area contributed by atoms with E-state index in [1.54, 1.807) is 7.11 Å². The second-order valence-corrected chi connectivity index (χ2v) is 7.31. The van der Waals surface area contributed by atoms with Crippen molar-refractivity contribution in [3.05, 3.63) is 29.8 Å². The highest BCUT2D eigenvalue weighted by atomic mass is 127. The van der Waals surface area contributed by atoms with E-state index in [0.717, 1.165) is 37.6 Å². The number of hydrogen-bond donors (Lipinski definition) is 3. The molecule has 3 N–H and O–H groups in total. The summed E-state index contributed by atoms with van der Waals surface area (Å²) in [6, 6.07) is 7.60. The Labute approximate surface area is 191 Å². The average molecular weight is 518 g/mol. The van der Waals surface area contributed by atoms with Gasteiger partial charge in [0, 0.05) is 32.5 Å². The van der Waals surface area contributed by atoms with Crippen LogP contribution in [0.2, 0.25) is 0 Å². The number of anilines is 1. The van der Waals surface area contributed by atoms with Crippen LogP contribution in [0, 0.1) is 5.41 Å². The Morgan fingerprint density at radius 3 is 2.41 bits per heavy atom. The fraction of sp³-hybridized carbons (Fsp3) is 0.619. The number of hydrogen-bond acceptors (Lipinski definition) is 4. The van der Waals surface area contributed by atoms with Crippen LogP contribution in [0.3, 0.4) is 0 Å². The van der Waals surface area contributed by atoms with E-state index in [1.165, 1.54) is 32.8 Å². The number of nitrogens with one attached hydrogen (secondary N) is 3. The summed E-state index contributed by atoms with van der Waals surface area (Å²) in [6.45, 7) is 5.18. The number of amides is 1. The molecule has 2 rings (SSSR count). The maximum atomic E-state index is 11.2. The minimum absolute atomic E-state index is 0. The third kappa shape index (κ3) is 8.77. The molecule has 1 aliphatic rings. The number of nitrogens with zero attached hydrogens (tertiary/aromatic N) is 1. The summed E-state index contributed by atoms with van der Waals surface area (Å²) in [5.41, 5.74) is 2.08. The van der Waals surface area contributed by atoms with Crippen molar-refractivity contribution in [1.82, 2.24) is 10.6 Å². The molecule has 0 unspecified atom stereocenters. The van der Waals surface area contributed by atoms with Crippen LogP contribution < -0.4 is 16.0 Å². The van der Waals surface area contributed by atoms with Gasteiger partial charge < -0.3 is 20.1 Å². The Balaban J connectivity index is 0.00000420. The van der Waals surface area contributed by atoms with Crippen LogP contribution in [-0.2, 0) is 16.0 Å². The van der Waals surface area contributed by atoms with E-state index in [-0.39, 0.29) is 24.0 Å². The number of rotatable bonds is 9. The van der Waals surface area contributed by atoms with Crippen LogP contribution >= 0.6 is 24.0 Å². The van der Waals surface area contributed by atoms with Gasteiger partial charge in [-0.15, -0.1) is 24.0 Å². The molecule has 0 bridgehead atoms. The summed E-state index contributed by atoms with van der Waals surface area (Å²) in [5, 5.41) is 9.51. The molecule has 164 valence electrons. The molecule has 1 aliphatic carbocycles. The zero-order chi connectivity index (χ0) is 20.2. The van der Waals surface area contributed by atoms with Gasteiger partial charge in [0.2, 0.25) is 0 Å². The van der Waals surface area contributed by atoms with Crippen molar-refractivity contribution in [2.24, 2.45) is 10.4 Å². The highest BCUT2D eigenvalue weighted by molar-refractivity contribution is 14.0. The van der Waals surface area contributed by atoms with Crippen LogP contribution in [-0.4, -0.2) is 46.0 Å². The van der Waals surface area contributed by atoms with E-state index in [2.05, 4.69) is 27.6 Å². The normalized spacial score (nSPS) is 15.3. The van der Waals surface area contributed by atoms with Crippen LogP contribution in [0.25, 0.3) is 0 Å². The summed E-state index contributed by atoms with van der Waals surface area (Å²) in [7, 11) is 3.12. The van der Waals surface area contributed by atoms with E-state index in [4.69, 9.17) is 9.73 Å². The predicted octanol–water partition coefficient (Wildman–Crippen LogP) is 4.13. The molecule has 0 aliphatic heterocycles. The Morgan fingerprint density at radius 1 is 1.14 bits per heavy atom. The standard InChI is InChI=1S/C21H34N4O3.HI/c1-4-22-19(24-16-21(13-14-27-2)11-5-6-12-21)23-15-17-7-9-18(10-8-17)25-20(26)28-3;/h7-10H,4-6,11-16H2,1-3H3,(H,25,26)(H2,22,23,24);1H. The van der Waals surface area contributed by atoms with Crippen molar-refractivity contribution < 1.29 is 14.3 Å². The SMILES string of the molecule is CCNC(=NCc1ccc(NC(=O)OC)cc1)NCC1(CCOC)CCCC1.I. The molecular formula is C21H35IN4O3. The predicted molar refractivity (Wildman–Crippen MR) is 128 cm³/mol. The van der Waals surface area contributed by atoms with Gasteiger partial charge >= 0.3 is 6.09 Å². The highest BCUT2D eigenvalue weighted by Crippen LogP contribution is 2.40. The van der Waals surface area contributed by atoms with E-state index >= 15 is 0 Å². The van der Waals surface area contributed by atoms with E-state index < -0.39 is 6.09 Å². The van der Waals surface area contributed by atoms with Gasteiger partial charge in [-0.3, -0.25) is 5.32 Å². The van der Waals surface area contributed by atoms with Gasteiger partial charge in [0.25, 0.3) is 0 Å². The molecule has 1 fully saturated rings. The van der Waals surface area contributed by atoms with Gasteiger partial charge in [0.1, 0.15) is 0 Å². The van der Waals surface area contributed by atoms with Crippen LogP contribution in [0.15, 0.2) is 29.3 Å². The number of methoxy groups -OCH3 is 2. The maximum absolute atomic E-state index is 11.2. The smallest absolute Gasteiger partial charge is 0.411 e. The Hall–Kier alpha value is -1.55. The average Bonchev–Trinajstić information content (AvgIpc) is 3.18. The molecule has 8 heteroatoms. The molecule has 0 spiro atoms. The minimum Gasteiger partial charge on any atom is -0.453 e. The molecule has 0 aromatic heterocycles. The molecule has 0 atom stereocenters. The molecule has 0 heterocycles. The van der Waals surface area contributed by atoms with Gasteiger partial charge in [0.15, 0.2) is 5.96 Å². The van der Waals surface area contributed by atoms with E-state index in [1.807, 2.05) is 24.3 Å². The fourth-order valence-corrected chi connectivity index (χ4v) is 3.60. The van der Waals surface area contributed by atoms with Gasteiger partial charge in [-0.1, -0.05) is 25.0 Å². The number of benzene rings is 1. The zero-order valence-electron chi connectivity index (χ0n) is 17.8. The molecule has 1 saturated carbocycles. The number of halogens is 1. The van der Waals surface area contributed by atoms with Crippen LogP contribution in [0.5, 0.6) is 0 Å². The number of carbonyl (C=O) groups excluding carboxylic acids is 1. The van der Waals surface area contributed by atoms with E-state index in [9.17, 15) is 4.79 Å². The molecule has 1 amide bonds. The van der Waals surface area contributed by atoms with Crippen molar-refractivity contribution >= 4 is 41.7 Å². The monoisotopic (exact) mass is 518 g/mol. The first-order valence-electron chi connectivity index (χ1n) is 10.1. The first-order valence-corrected chi connectivity index (χ1v) is 10.1. The number of carbonyl (C=O) groups is 1. The summed E-state index contributed by atoms with van der Waals surface area (Å²) >= 11 is 0. The molecule has 1 aromatic carbocycles. The Bertz CT molecular complexity index is 631. The quantitative estimate of drug-likeness (QED) is 0.260. The molecule has 0 radical (unpaired) electrons. The maximum Gasteiger partial charge on any atom is 0.411 e. The molecule has 7 nitrogen and oxygen atoms in total. The van der Waals surface area contributed by atoms with Crippen LogP contribution in [0.1, 0.15) is 44.6 Å². The summed E-state index contributed by atoms with van der Waals surface area (Å²) in [6.07, 6.45) is 5.70. The lowest BCUT2D eigenvalue weighted by Gasteiger charge is -2.30. The molecular weight excluding hydrogens is 483 g/mol. The van der Waals surface area contributed by atoms with Crippen molar-refractivity contribution in [2.45, 2.75) is 45.6 Å². The largest absolute Gasteiger partial charge is 0.453 e. The van der Waals surface area contributed by atoms with Gasteiger partial charge in [-0.2, -0.15) is 0 Å². The zero-order valence-corrected chi connectivity index (χ0v) is 20.1. The second kappa shape index (κ2) is 13.6. The van der Waals surface area contributed by atoms with Gasteiger partial charge in [0.05, 0.1) is 13.7 Å². The van der Waals surface area contributed by atoms with Crippen molar-refractivity contribution in [1.29, 1.82) is 0 Å². The second-order valence-electron chi connectivity index (χ2n) is 7.31.